The molecule has 3 rings (SSSR count). The first-order valence-corrected chi connectivity index (χ1v) is 5.08. The summed E-state index contributed by atoms with van der Waals surface area (Å²) >= 11 is 0. The number of hydrogen-bond donors (Lipinski definition) is 1. The summed E-state index contributed by atoms with van der Waals surface area (Å²) in [6, 6.07) is 7.38. The normalized spacial score (nSPS) is 15.8. The Morgan fingerprint density at radius 1 is 1.27 bits per heavy atom. The van der Waals surface area contributed by atoms with Crippen LogP contribution in [0.4, 0.5) is 4.39 Å². The molecule has 0 atom stereocenters. The molecule has 0 saturated heterocycles. The van der Waals surface area contributed by atoms with Crippen molar-refractivity contribution in [1.82, 2.24) is 4.98 Å². The number of hydrogen-bond acceptors (Lipinski definition) is 1. The lowest BCUT2D eigenvalue weighted by molar-refractivity contribution is 0.596. The number of rotatable bonds is 1. The van der Waals surface area contributed by atoms with Gasteiger partial charge in [0, 0.05) is 16.5 Å². The molecule has 0 unspecified atom stereocenters. The van der Waals surface area contributed by atoms with Gasteiger partial charge in [-0.05, 0) is 24.8 Å². The average molecular weight is 203 g/mol. The van der Waals surface area contributed by atoms with E-state index >= 15 is 0 Å². The van der Waals surface area contributed by atoms with E-state index in [9.17, 15) is 9.18 Å². The molecular weight excluding hydrogens is 193 g/mol. The third-order valence-electron chi connectivity index (χ3n) is 2.89. The topological polar surface area (TPSA) is 32.9 Å². The summed E-state index contributed by atoms with van der Waals surface area (Å²) in [5.41, 5.74) is 0.732. The highest BCUT2D eigenvalue weighted by molar-refractivity contribution is 5.82. The predicted molar refractivity (Wildman–Crippen MR) is 56.5 cm³/mol. The smallest absolute Gasteiger partial charge is 0.284 e. The molecule has 0 spiro atoms. The molecule has 2 aromatic rings. The van der Waals surface area contributed by atoms with Crippen LogP contribution in [0.2, 0.25) is 0 Å². The van der Waals surface area contributed by atoms with E-state index in [-0.39, 0.29) is 5.92 Å². The van der Waals surface area contributed by atoms with Gasteiger partial charge in [-0.1, -0.05) is 18.2 Å². The fourth-order valence-electron chi connectivity index (χ4n) is 2.02. The maximum absolute atomic E-state index is 13.7. The number of H-pyrrole nitrogens is 1. The average Bonchev–Trinajstić information content (AvgIpc) is 3.04. The summed E-state index contributed by atoms with van der Waals surface area (Å²) in [5.74, 6) is -0.353. The Labute approximate surface area is 85.7 Å². The van der Waals surface area contributed by atoms with Gasteiger partial charge in [-0.25, -0.2) is 4.39 Å². The molecule has 1 aromatic heterocycles. The second-order valence-corrected chi connectivity index (χ2v) is 4.00. The van der Waals surface area contributed by atoms with Crippen molar-refractivity contribution < 1.29 is 4.39 Å². The van der Waals surface area contributed by atoms with E-state index in [0.29, 0.717) is 5.56 Å². The van der Waals surface area contributed by atoms with Crippen LogP contribution in [-0.2, 0) is 0 Å². The van der Waals surface area contributed by atoms with Crippen LogP contribution in [0.15, 0.2) is 29.1 Å². The number of pyridine rings is 1. The first-order chi connectivity index (χ1) is 7.27. The van der Waals surface area contributed by atoms with Gasteiger partial charge in [0.05, 0.1) is 0 Å². The van der Waals surface area contributed by atoms with Crippen molar-refractivity contribution in [2.75, 3.05) is 0 Å². The second-order valence-electron chi connectivity index (χ2n) is 4.00. The van der Waals surface area contributed by atoms with E-state index in [4.69, 9.17) is 0 Å². The number of halogens is 1. The van der Waals surface area contributed by atoms with Crippen LogP contribution in [-0.4, -0.2) is 4.98 Å². The molecule has 2 nitrogen and oxygen atoms in total. The number of aromatic nitrogens is 1. The monoisotopic (exact) mass is 203 g/mol. The van der Waals surface area contributed by atoms with Gasteiger partial charge in [0.1, 0.15) is 0 Å². The Morgan fingerprint density at radius 3 is 2.73 bits per heavy atom. The minimum Gasteiger partial charge on any atom is -0.319 e. The van der Waals surface area contributed by atoms with Gasteiger partial charge in [-0.3, -0.25) is 4.79 Å². The van der Waals surface area contributed by atoms with Gasteiger partial charge in [0.2, 0.25) is 0 Å². The first-order valence-electron chi connectivity index (χ1n) is 5.08. The van der Waals surface area contributed by atoms with Crippen molar-refractivity contribution in [3.05, 3.63) is 46.0 Å². The lowest BCUT2D eigenvalue weighted by atomic mass is 10.0. The highest BCUT2D eigenvalue weighted by Crippen LogP contribution is 2.43. The zero-order chi connectivity index (χ0) is 10.4. The molecule has 1 fully saturated rings. The number of fused-ring (bicyclic) bond motifs is 1. The number of aromatic amines is 1. The third kappa shape index (κ3) is 1.27. The maximum atomic E-state index is 13.7. The molecule has 0 amide bonds. The fourth-order valence-corrected chi connectivity index (χ4v) is 2.02. The lowest BCUT2D eigenvalue weighted by Gasteiger charge is -2.05. The lowest BCUT2D eigenvalue weighted by Crippen LogP contribution is -2.13. The van der Waals surface area contributed by atoms with Crippen molar-refractivity contribution in [2.45, 2.75) is 18.8 Å². The Morgan fingerprint density at radius 2 is 2.00 bits per heavy atom. The molecule has 1 aliphatic carbocycles. The van der Waals surface area contributed by atoms with Crippen LogP contribution in [0.25, 0.3) is 10.9 Å². The first kappa shape index (κ1) is 8.65. The molecule has 1 N–H and O–H groups in total. The Balaban J connectivity index is 2.46. The molecule has 1 aliphatic rings. The largest absolute Gasteiger partial charge is 0.319 e. The molecular formula is C12H10FNO. The van der Waals surface area contributed by atoms with Crippen LogP contribution in [0.1, 0.15) is 24.3 Å². The SMILES string of the molecule is O=c1[nH]c2ccccc2c(C2CC2)c1F. The Bertz CT molecular complexity index is 584. The zero-order valence-corrected chi connectivity index (χ0v) is 8.09. The van der Waals surface area contributed by atoms with Gasteiger partial charge in [-0.2, -0.15) is 0 Å². The molecule has 76 valence electrons. The van der Waals surface area contributed by atoms with E-state index in [1.54, 1.807) is 0 Å². The van der Waals surface area contributed by atoms with Crippen molar-refractivity contribution in [3.8, 4) is 0 Å². The summed E-state index contributed by atoms with van der Waals surface area (Å²) in [4.78, 5) is 13.9. The highest BCUT2D eigenvalue weighted by atomic mass is 19.1. The van der Waals surface area contributed by atoms with E-state index in [1.807, 2.05) is 24.3 Å². The van der Waals surface area contributed by atoms with Gasteiger partial charge in [0.15, 0.2) is 5.82 Å². The molecule has 0 radical (unpaired) electrons. The van der Waals surface area contributed by atoms with Gasteiger partial charge >= 0.3 is 0 Å². The van der Waals surface area contributed by atoms with Gasteiger partial charge in [-0.15, -0.1) is 0 Å². The molecule has 1 aromatic carbocycles. The van der Waals surface area contributed by atoms with Crippen molar-refractivity contribution in [1.29, 1.82) is 0 Å². The zero-order valence-electron chi connectivity index (χ0n) is 8.09. The minimum absolute atomic E-state index is 0.247. The number of benzene rings is 1. The van der Waals surface area contributed by atoms with E-state index in [1.165, 1.54) is 0 Å². The van der Waals surface area contributed by atoms with Crippen molar-refractivity contribution >= 4 is 10.9 Å². The Kier molecular flexibility index (Phi) is 1.69. The van der Waals surface area contributed by atoms with Crippen LogP contribution in [0.5, 0.6) is 0 Å². The molecule has 1 saturated carbocycles. The van der Waals surface area contributed by atoms with Crippen molar-refractivity contribution in [2.24, 2.45) is 0 Å². The van der Waals surface area contributed by atoms with Gasteiger partial charge < -0.3 is 4.98 Å². The summed E-state index contributed by atoms with van der Waals surface area (Å²) in [7, 11) is 0. The van der Waals surface area contributed by atoms with E-state index in [0.717, 1.165) is 23.7 Å². The van der Waals surface area contributed by atoms with E-state index in [2.05, 4.69) is 4.98 Å². The predicted octanol–water partition coefficient (Wildman–Crippen LogP) is 2.54. The number of nitrogens with one attached hydrogen (secondary N) is 1. The molecule has 15 heavy (non-hydrogen) atoms. The quantitative estimate of drug-likeness (QED) is 0.759. The summed E-state index contributed by atoms with van der Waals surface area (Å²) in [6.07, 6.45) is 1.98. The second kappa shape index (κ2) is 2.92. The van der Waals surface area contributed by atoms with Crippen LogP contribution in [0.3, 0.4) is 0 Å². The van der Waals surface area contributed by atoms with Crippen molar-refractivity contribution in [3.63, 3.8) is 0 Å². The number of para-hydroxylation sites is 1. The minimum atomic E-state index is -0.601. The molecule has 1 heterocycles. The van der Waals surface area contributed by atoms with Crippen LogP contribution in [0, 0.1) is 5.82 Å². The van der Waals surface area contributed by atoms with Crippen LogP contribution < -0.4 is 5.56 Å². The maximum Gasteiger partial charge on any atom is 0.284 e. The van der Waals surface area contributed by atoms with Gasteiger partial charge in [0.25, 0.3) is 5.56 Å². The molecule has 3 heteroatoms. The molecule has 0 bridgehead atoms. The summed E-state index contributed by atoms with van der Waals surface area (Å²) < 4.78 is 13.7. The fraction of sp³-hybridized carbons (Fsp3) is 0.250. The summed E-state index contributed by atoms with van der Waals surface area (Å²) in [6.45, 7) is 0. The summed E-state index contributed by atoms with van der Waals surface area (Å²) in [5, 5.41) is 0.845. The van der Waals surface area contributed by atoms with Crippen LogP contribution >= 0.6 is 0 Å². The third-order valence-corrected chi connectivity index (χ3v) is 2.89. The molecule has 0 aliphatic heterocycles. The Hall–Kier alpha value is -1.64. The van der Waals surface area contributed by atoms with E-state index < -0.39 is 11.4 Å². The highest BCUT2D eigenvalue weighted by Gasteiger charge is 2.29. The standard InChI is InChI=1S/C12H10FNO/c13-11-10(7-5-6-7)8-3-1-2-4-9(8)14-12(11)15/h1-4,7H,5-6H2,(H,14,15).